The summed E-state index contributed by atoms with van der Waals surface area (Å²) in [7, 11) is 1.88. The molecule has 0 radical (unpaired) electrons. The van der Waals surface area contributed by atoms with Gasteiger partial charge in [0.2, 0.25) is 5.91 Å². The molecule has 138 valence electrons. The van der Waals surface area contributed by atoms with Crippen LogP contribution < -0.4 is 0 Å². The van der Waals surface area contributed by atoms with E-state index in [0.717, 1.165) is 5.56 Å². The number of carboxylic acid groups (broad SMARTS) is 1. The molecule has 0 spiro atoms. The molecule has 1 amide bonds. The van der Waals surface area contributed by atoms with Crippen molar-refractivity contribution in [2.45, 2.75) is 18.9 Å². The van der Waals surface area contributed by atoms with Gasteiger partial charge in [-0.25, -0.2) is 0 Å². The molecule has 0 saturated carbocycles. The summed E-state index contributed by atoms with van der Waals surface area (Å²) in [6, 6.07) is 3.83. The molecule has 9 nitrogen and oxygen atoms in total. The zero-order valence-corrected chi connectivity index (χ0v) is 14.6. The number of hydrogen-bond acceptors (Lipinski definition) is 6. The molecule has 1 fully saturated rings. The molecule has 2 N–H and O–H groups in total. The van der Waals surface area contributed by atoms with E-state index in [-0.39, 0.29) is 30.7 Å². The number of rotatable bonds is 7. The Morgan fingerprint density at radius 1 is 1.38 bits per heavy atom. The second kappa shape index (κ2) is 8.05. The number of hydrogen-bond donors (Lipinski definition) is 2. The van der Waals surface area contributed by atoms with Gasteiger partial charge in [-0.3, -0.25) is 19.5 Å². The first-order chi connectivity index (χ1) is 12.5. The van der Waals surface area contributed by atoms with E-state index in [1.54, 1.807) is 23.5 Å². The Kier molecular flexibility index (Phi) is 5.57. The minimum atomic E-state index is -0.869. The molecule has 0 aromatic carbocycles. The van der Waals surface area contributed by atoms with E-state index in [4.69, 9.17) is 5.11 Å². The number of aromatic amines is 1. The lowest BCUT2D eigenvalue weighted by Gasteiger charge is -2.21. The van der Waals surface area contributed by atoms with Crippen LogP contribution in [-0.2, 0) is 16.1 Å². The number of carboxylic acids is 1. The maximum Gasteiger partial charge on any atom is 0.303 e. The highest BCUT2D eigenvalue weighted by atomic mass is 16.4. The third-order valence-corrected chi connectivity index (χ3v) is 4.62. The van der Waals surface area contributed by atoms with Gasteiger partial charge in [-0.05, 0) is 24.6 Å². The molecular formula is C17H22N6O3. The van der Waals surface area contributed by atoms with Gasteiger partial charge in [0, 0.05) is 37.9 Å². The lowest BCUT2D eigenvalue weighted by molar-refractivity contribution is -0.138. The summed E-state index contributed by atoms with van der Waals surface area (Å²) in [5.41, 5.74) is 1.74. The highest BCUT2D eigenvalue weighted by Gasteiger charge is 2.38. The van der Waals surface area contributed by atoms with Crippen molar-refractivity contribution in [3.63, 3.8) is 0 Å². The molecule has 1 aliphatic heterocycles. The van der Waals surface area contributed by atoms with Crippen molar-refractivity contribution in [1.29, 1.82) is 0 Å². The topological polar surface area (TPSA) is 115 Å². The first-order valence-electron chi connectivity index (χ1n) is 8.45. The van der Waals surface area contributed by atoms with Crippen LogP contribution in [0.25, 0.3) is 0 Å². The Labute approximate surface area is 151 Å². The molecule has 2 aromatic rings. The van der Waals surface area contributed by atoms with Crippen molar-refractivity contribution in [1.82, 2.24) is 30.2 Å². The number of amides is 1. The van der Waals surface area contributed by atoms with Crippen molar-refractivity contribution < 1.29 is 14.7 Å². The van der Waals surface area contributed by atoms with E-state index in [9.17, 15) is 9.59 Å². The summed E-state index contributed by atoms with van der Waals surface area (Å²) in [5, 5.41) is 19.6. The van der Waals surface area contributed by atoms with Crippen LogP contribution in [0.2, 0.25) is 0 Å². The number of carbonyl (C=O) groups excluding carboxylic acids is 1. The number of aromatic nitrogens is 4. The minimum Gasteiger partial charge on any atom is -0.481 e. The Hall–Kier alpha value is -2.81. The van der Waals surface area contributed by atoms with Crippen LogP contribution in [0.5, 0.6) is 0 Å². The molecular weight excluding hydrogens is 336 g/mol. The third-order valence-electron chi connectivity index (χ3n) is 4.62. The Morgan fingerprint density at radius 2 is 2.23 bits per heavy atom. The largest absolute Gasteiger partial charge is 0.481 e. The summed E-state index contributed by atoms with van der Waals surface area (Å²) in [6.07, 6.45) is 5.10. The number of aliphatic carboxylic acids is 1. The maximum absolute atomic E-state index is 12.7. The van der Waals surface area contributed by atoms with Gasteiger partial charge in [0.1, 0.15) is 0 Å². The van der Waals surface area contributed by atoms with Crippen molar-refractivity contribution in [2.75, 3.05) is 26.7 Å². The van der Waals surface area contributed by atoms with Crippen LogP contribution >= 0.6 is 0 Å². The second-order valence-corrected chi connectivity index (χ2v) is 6.69. The van der Waals surface area contributed by atoms with Crippen molar-refractivity contribution >= 4 is 11.9 Å². The van der Waals surface area contributed by atoms with Gasteiger partial charge in [0.05, 0.1) is 24.9 Å². The van der Waals surface area contributed by atoms with Gasteiger partial charge >= 0.3 is 5.97 Å². The summed E-state index contributed by atoms with van der Waals surface area (Å²) >= 11 is 0. The number of pyridine rings is 1. The lowest BCUT2D eigenvalue weighted by Crippen LogP contribution is -2.37. The fourth-order valence-electron chi connectivity index (χ4n) is 3.42. The smallest absolute Gasteiger partial charge is 0.303 e. The van der Waals surface area contributed by atoms with Crippen molar-refractivity contribution in [3.05, 3.63) is 42.0 Å². The van der Waals surface area contributed by atoms with E-state index in [2.05, 4.69) is 20.4 Å². The summed E-state index contributed by atoms with van der Waals surface area (Å²) in [5.74, 6) is -1.16. The maximum atomic E-state index is 12.7. The summed E-state index contributed by atoms with van der Waals surface area (Å²) < 4.78 is 0. The molecule has 2 aromatic heterocycles. The van der Waals surface area contributed by atoms with Gasteiger partial charge in [-0.1, -0.05) is 6.07 Å². The number of carbonyl (C=O) groups is 2. The summed E-state index contributed by atoms with van der Waals surface area (Å²) in [6.45, 7) is 1.77. The van der Waals surface area contributed by atoms with Gasteiger partial charge in [-0.2, -0.15) is 15.4 Å². The van der Waals surface area contributed by atoms with Crippen LogP contribution in [0.3, 0.4) is 0 Å². The van der Waals surface area contributed by atoms with E-state index >= 15 is 0 Å². The SMILES string of the molecule is CN(CC(=O)N1C[C@@H](CC(=O)O)[C@@H](c2cn[nH]n2)C1)Cc1cccnc1. The molecule has 3 heterocycles. The van der Waals surface area contributed by atoms with Gasteiger partial charge in [0.15, 0.2) is 0 Å². The standard InChI is InChI=1S/C17H22N6O3/c1-22(8-12-3-2-4-18-6-12)11-16(24)23-9-13(5-17(25)26)14(10-23)15-7-19-21-20-15/h2-4,6-7,13-14H,5,8-11H2,1H3,(H,25,26)(H,19,20,21)/t13-,14+/m1/s1. The average molecular weight is 358 g/mol. The zero-order chi connectivity index (χ0) is 18.5. The molecule has 2 atom stereocenters. The fourth-order valence-corrected chi connectivity index (χ4v) is 3.42. The summed E-state index contributed by atoms with van der Waals surface area (Å²) in [4.78, 5) is 31.6. The zero-order valence-electron chi connectivity index (χ0n) is 14.6. The predicted octanol–water partition coefficient (Wildman–Crippen LogP) is 0.348. The van der Waals surface area contributed by atoms with Crippen LogP contribution in [-0.4, -0.2) is 73.9 Å². The Balaban J connectivity index is 1.61. The number of nitrogens with one attached hydrogen (secondary N) is 1. The number of likely N-dealkylation sites (tertiary alicyclic amines) is 1. The predicted molar refractivity (Wildman–Crippen MR) is 92.0 cm³/mol. The van der Waals surface area contributed by atoms with Gasteiger partial charge in [-0.15, -0.1) is 0 Å². The molecule has 26 heavy (non-hydrogen) atoms. The van der Waals surface area contributed by atoms with Crippen LogP contribution in [0, 0.1) is 5.92 Å². The fraction of sp³-hybridized carbons (Fsp3) is 0.471. The molecule has 0 aliphatic carbocycles. The molecule has 9 heteroatoms. The third kappa shape index (κ3) is 4.42. The highest BCUT2D eigenvalue weighted by Crippen LogP contribution is 2.33. The van der Waals surface area contributed by atoms with Crippen LogP contribution in [0.1, 0.15) is 23.6 Å². The molecule has 3 rings (SSSR count). The Bertz CT molecular complexity index is 736. The lowest BCUT2D eigenvalue weighted by atomic mass is 9.91. The molecule has 1 aliphatic rings. The van der Waals surface area contributed by atoms with Crippen molar-refractivity contribution in [2.24, 2.45) is 5.92 Å². The van der Waals surface area contributed by atoms with E-state index in [0.29, 0.717) is 25.3 Å². The van der Waals surface area contributed by atoms with E-state index in [1.807, 2.05) is 24.1 Å². The normalized spacial score (nSPS) is 19.8. The van der Waals surface area contributed by atoms with Crippen molar-refractivity contribution in [3.8, 4) is 0 Å². The average Bonchev–Trinajstić information content (AvgIpc) is 3.24. The van der Waals surface area contributed by atoms with E-state index < -0.39 is 5.97 Å². The van der Waals surface area contributed by atoms with Crippen LogP contribution in [0.4, 0.5) is 0 Å². The minimum absolute atomic E-state index is 0.00678. The first kappa shape index (κ1) is 18.0. The molecule has 0 bridgehead atoms. The monoisotopic (exact) mass is 358 g/mol. The number of nitrogens with zero attached hydrogens (tertiary/aromatic N) is 5. The highest BCUT2D eigenvalue weighted by molar-refractivity contribution is 5.79. The molecule has 0 unspecified atom stereocenters. The second-order valence-electron chi connectivity index (χ2n) is 6.69. The number of likely N-dealkylation sites (N-methyl/N-ethyl adjacent to an activating group) is 1. The van der Waals surface area contributed by atoms with Gasteiger partial charge < -0.3 is 10.0 Å². The Morgan fingerprint density at radius 3 is 2.88 bits per heavy atom. The van der Waals surface area contributed by atoms with E-state index in [1.165, 1.54) is 0 Å². The quantitative estimate of drug-likeness (QED) is 0.734. The first-order valence-corrected chi connectivity index (χ1v) is 8.45. The van der Waals surface area contributed by atoms with Crippen LogP contribution in [0.15, 0.2) is 30.7 Å². The molecule has 1 saturated heterocycles. The number of H-pyrrole nitrogens is 1. The van der Waals surface area contributed by atoms with Gasteiger partial charge in [0.25, 0.3) is 0 Å².